The van der Waals surface area contributed by atoms with Crippen molar-refractivity contribution in [3.05, 3.63) is 88.5 Å². The summed E-state index contributed by atoms with van der Waals surface area (Å²) in [6.45, 7) is -0.555. The van der Waals surface area contributed by atoms with Gasteiger partial charge in [-0.05, 0) is 41.5 Å². The third-order valence-corrected chi connectivity index (χ3v) is 8.23. The van der Waals surface area contributed by atoms with Gasteiger partial charge in [-0.15, -0.1) is 0 Å². The van der Waals surface area contributed by atoms with E-state index in [-0.39, 0.29) is 56.9 Å². The number of esters is 1. The first-order chi connectivity index (χ1) is 23.7. The lowest BCUT2D eigenvalue weighted by atomic mass is 9.91. The van der Waals surface area contributed by atoms with Gasteiger partial charge in [-0.1, -0.05) is 36.4 Å². The van der Waals surface area contributed by atoms with Crippen LogP contribution < -0.4 is 10.6 Å². The third-order valence-electron chi connectivity index (χ3n) is 8.23. The largest absolute Gasteiger partial charge is 0.456 e. The molecule has 0 aromatic heterocycles. The first-order valence-corrected chi connectivity index (χ1v) is 15.8. The van der Waals surface area contributed by atoms with Crippen LogP contribution in [0.5, 0.6) is 0 Å². The number of hydrogen-bond acceptors (Lipinski definition) is 13. The number of aliphatic hydroxyl groups excluding tert-OH is 5. The highest BCUT2D eigenvalue weighted by Gasteiger charge is 2.44. The molecule has 1 aliphatic carbocycles. The van der Waals surface area contributed by atoms with Crippen molar-refractivity contribution in [2.45, 2.75) is 62.0 Å². The van der Waals surface area contributed by atoms with Crippen molar-refractivity contribution in [1.29, 1.82) is 0 Å². The summed E-state index contributed by atoms with van der Waals surface area (Å²) in [5.41, 5.74) is 2.32. The van der Waals surface area contributed by atoms with Crippen molar-refractivity contribution in [1.82, 2.24) is 10.6 Å². The lowest BCUT2D eigenvalue weighted by Crippen LogP contribution is -2.59. The maximum absolute atomic E-state index is 13.2. The molecule has 5 rings (SSSR count). The fraction of sp³-hybridized carbons (Fsp3) is 0.441. The summed E-state index contributed by atoms with van der Waals surface area (Å²) in [4.78, 5) is 38.6. The van der Waals surface area contributed by atoms with Gasteiger partial charge in [-0.2, -0.15) is 0 Å². The Labute approximate surface area is 281 Å². The van der Waals surface area contributed by atoms with E-state index >= 15 is 0 Å². The molecule has 2 fully saturated rings. The number of carbonyl (C=O) groups excluding carboxylic acids is 3. The number of rotatable bonds is 13. The van der Waals surface area contributed by atoms with E-state index in [0.29, 0.717) is 22.3 Å². The van der Waals surface area contributed by atoms with Gasteiger partial charge in [0.15, 0.2) is 6.29 Å². The summed E-state index contributed by atoms with van der Waals surface area (Å²) >= 11 is 0. The number of carbonyl (C=O) groups is 3. The summed E-state index contributed by atoms with van der Waals surface area (Å²) in [5, 5.41) is 53.6. The molecule has 2 heterocycles. The Morgan fingerprint density at radius 1 is 0.918 bits per heavy atom. The maximum atomic E-state index is 13.2. The number of amides is 2. The molecule has 2 saturated heterocycles. The van der Waals surface area contributed by atoms with E-state index in [9.17, 15) is 34.8 Å². The van der Waals surface area contributed by atoms with E-state index in [1.54, 1.807) is 66.8 Å². The highest BCUT2D eigenvalue weighted by Crippen LogP contribution is 2.31. The Kier molecular flexibility index (Phi) is 12.6. The quantitative estimate of drug-likeness (QED) is 0.128. The van der Waals surface area contributed by atoms with Gasteiger partial charge < -0.3 is 59.9 Å². The molecule has 0 unspecified atom stereocenters. The van der Waals surface area contributed by atoms with Crippen LogP contribution in [0.1, 0.15) is 38.3 Å². The third kappa shape index (κ3) is 9.16. The molecule has 3 aliphatic rings. The van der Waals surface area contributed by atoms with E-state index in [0.717, 1.165) is 0 Å². The minimum Gasteiger partial charge on any atom is -0.456 e. The number of aliphatic hydroxyl groups is 5. The summed E-state index contributed by atoms with van der Waals surface area (Å²) in [5.74, 6) is -1.36. The SMILES string of the molecule is O=C(NCc1cccc(C(=O)NCCO)c1)C1=C[C@H]2OCO[C@H]2[C@H](OC(=O)c2cccc(C=CCO[C@H]3O[C@H](CO)[C@H](O)[C@H](O)[C@H]3O)c2)C1. The van der Waals surface area contributed by atoms with Crippen molar-refractivity contribution >= 4 is 23.9 Å². The van der Waals surface area contributed by atoms with E-state index in [1.165, 1.54) is 0 Å². The van der Waals surface area contributed by atoms with Gasteiger partial charge in [0.25, 0.3) is 5.91 Å². The molecule has 7 N–H and O–H groups in total. The van der Waals surface area contributed by atoms with Gasteiger partial charge >= 0.3 is 5.97 Å². The number of fused-ring (bicyclic) bond motifs is 1. The topological polar surface area (TPSA) is 223 Å². The highest BCUT2D eigenvalue weighted by molar-refractivity contribution is 5.95. The van der Waals surface area contributed by atoms with Crippen molar-refractivity contribution < 1.29 is 63.6 Å². The van der Waals surface area contributed by atoms with E-state index in [4.69, 9.17) is 28.8 Å². The molecular formula is C34H40N2O13. The summed E-state index contributed by atoms with van der Waals surface area (Å²) < 4.78 is 27.9. The molecule has 15 heteroatoms. The second kappa shape index (κ2) is 17.1. The number of ether oxygens (including phenoxy) is 5. The van der Waals surface area contributed by atoms with Gasteiger partial charge in [0, 0.05) is 30.6 Å². The van der Waals surface area contributed by atoms with Gasteiger partial charge in [0.2, 0.25) is 5.91 Å². The van der Waals surface area contributed by atoms with E-state index in [1.807, 2.05) is 0 Å². The molecule has 264 valence electrons. The molecule has 0 bridgehead atoms. The van der Waals surface area contributed by atoms with Crippen molar-refractivity contribution in [3.63, 3.8) is 0 Å². The average Bonchev–Trinajstić information content (AvgIpc) is 3.61. The summed E-state index contributed by atoms with van der Waals surface area (Å²) in [7, 11) is 0. The Balaban J connectivity index is 1.16. The molecule has 0 spiro atoms. The van der Waals surface area contributed by atoms with Crippen LogP contribution in [0.25, 0.3) is 6.08 Å². The zero-order valence-electron chi connectivity index (χ0n) is 26.4. The van der Waals surface area contributed by atoms with Crippen LogP contribution in [-0.4, -0.2) is 125 Å². The van der Waals surface area contributed by atoms with Gasteiger partial charge in [-0.25, -0.2) is 4.79 Å². The first-order valence-electron chi connectivity index (χ1n) is 15.8. The average molecular weight is 685 g/mol. The van der Waals surface area contributed by atoms with Crippen LogP contribution >= 0.6 is 0 Å². The molecular weight excluding hydrogens is 644 g/mol. The van der Waals surface area contributed by atoms with Crippen molar-refractivity contribution in [2.75, 3.05) is 33.2 Å². The Morgan fingerprint density at radius 2 is 1.71 bits per heavy atom. The van der Waals surface area contributed by atoms with E-state index < -0.39 is 61.6 Å². The smallest absolute Gasteiger partial charge is 0.338 e. The number of nitrogens with one attached hydrogen (secondary N) is 2. The standard InChI is InChI=1S/C34H40N2O13/c37-10-9-35-31(42)21-7-2-5-20(13-21)16-36-32(43)23-14-24-30(47-18-46-24)25(15-23)48-33(44)22-8-1-4-19(12-22)6-3-11-45-34-29(41)28(40)27(39)26(17-38)49-34/h1-8,12-14,24-30,34,37-41H,9-11,15-18H2,(H,35,42)(H,36,43)/t24-,25-,26-,27+,28+,29-,30-,34+/m1/s1. The number of benzene rings is 2. The Bertz CT molecular complexity index is 1530. The zero-order valence-corrected chi connectivity index (χ0v) is 26.4. The molecule has 0 radical (unpaired) electrons. The lowest BCUT2D eigenvalue weighted by molar-refractivity contribution is -0.298. The van der Waals surface area contributed by atoms with Gasteiger partial charge in [0.1, 0.15) is 49.5 Å². The highest BCUT2D eigenvalue weighted by atomic mass is 16.7. The van der Waals surface area contributed by atoms with Crippen LogP contribution in [0.15, 0.2) is 66.3 Å². The molecule has 15 nitrogen and oxygen atoms in total. The van der Waals surface area contributed by atoms with Gasteiger partial charge in [-0.3, -0.25) is 9.59 Å². The summed E-state index contributed by atoms with van der Waals surface area (Å²) in [6.07, 6.45) is -3.91. The van der Waals surface area contributed by atoms with Crippen LogP contribution in [0.3, 0.4) is 0 Å². The predicted molar refractivity (Wildman–Crippen MR) is 169 cm³/mol. The number of hydrogen-bond donors (Lipinski definition) is 7. The van der Waals surface area contributed by atoms with E-state index in [2.05, 4.69) is 10.6 Å². The predicted octanol–water partition coefficient (Wildman–Crippen LogP) is -0.848. The van der Waals surface area contributed by atoms with Gasteiger partial charge in [0.05, 0.1) is 25.4 Å². The van der Waals surface area contributed by atoms with Crippen molar-refractivity contribution in [3.8, 4) is 0 Å². The molecule has 49 heavy (non-hydrogen) atoms. The zero-order chi connectivity index (χ0) is 34.9. The monoisotopic (exact) mass is 684 g/mol. The Hall–Kier alpha value is -4.03. The molecule has 2 aliphatic heterocycles. The molecule has 2 aromatic rings. The lowest BCUT2D eigenvalue weighted by Gasteiger charge is -2.39. The fourth-order valence-corrected chi connectivity index (χ4v) is 5.63. The molecule has 2 aromatic carbocycles. The van der Waals surface area contributed by atoms with Crippen LogP contribution in [0.4, 0.5) is 0 Å². The minimum atomic E-state index is -1.55. The fourth-order valence-electron chi connectivity index (χ4n) is 5.63. The van der Waals surface area contributed by atoms with Crippen LogP contribution in [0.2, 0.25) is 0 Å². The molecule has 8 atom stereocenters. The van der Waals surface area contributed by atoms with Crippen LogP contribution in [0, 0.1) is 0 Å². The Morgan fingerprint density at radius 3 is 2.51 bits per heavy atom. The minimum absolute atomic E-state index is 0.0224. The van der Waals surface area contributed by atoms with Crippen LogP contribution in [-0.2, 0) is 35.0 Å². The molecule has 0 saturated carbocycles. The van der Waals surface area contributed by atoms with Crippen molar-refractivity contribution in [2.24, 2.45) is 0 Å². The normalized spacial score (nSPS) is 28.1. The second-order valence-electron chi connectivity index (χ2n) is 11.6. The second-order valence-corrected chi connectivity index (χ2v) is 11.6. The first kappa shape index (κ1) is 36.3. The maximum Gasteiger partial charge on any atom is 0.338 e. The molecule has 2 amide bonds. The summed E-state index contributed by atoms with van der Waals surface area (Å²) in [6, 6.07) is 13.3.